The Bertz CT molecular complexity index is 382. The van der Waals surface area contributed by atoms with Gasteiger partial charge in [-0.2, -0.15) is 0 Å². The number of ether oxygens (including phenoxy) is 1. The summed E-state index contributed by atoms with van der Waals surface area (Å²) in [5.41, 5.74) is 0. The molecule has 0 aliphatic carbocycles. The van der Waals surface area contributed by atoms with Crippen LogP contribution in [0, 0.1) is 0 Å². The molecule has 1 aromatic carbocycles. The number of carbonyl (C=O) groups is 2. The Hall–Kier alpha value is -1.56. The molecule has 0 spiro atoms. The van der Waals surface area contributed by atoms with Crippen molar-refractivity contribution in [2.24, 2.45) is 0 Å². The Kier molecular flexibility index (Phi) is 5.48. The van der Waals surface area contributed by atoms with Crippen LogP contribution in [-0.4, -0.2) is 34.7 Å². The number of para-hydroxylation sites is 1. The first-order valence-corrected chi connectivity index (χ1v) is 5.81. The van der Waals surface area contributed by atoms with Crippen molar-refractivity contribution in [2.75, 3.05) is 12.4 Å². The maximum Gasteiger partial charge on any atom is 0.347 e. The standard InChI is InChI=1S/C11H11FO4S/c12-9(10(13)14)11(15)17-7-6-16-8-4-2-1-3-5-8/h1-5,9H,6-7H2,(H,13,14). The first kappa shape index (κ1) is 13.5. The monoisotopic (exact) mass is 258 g/mol. The number of halogens is 1. The van der Waals surface area contributed by atoms with Gasteiger partial charge in [0, 0.05) is 5.75 Å². The van der Waals surface area contributed by atoms with Crippen LogP contribution < -0.4 is 4.74 Å². The Labute approximate surface area is 102 Å². The third-order valence-electron chi connectivity index (χ3n) is 1.76. The lowest BCUT2D eigenvalue weighted by molar-refractivity contribution is -0.145. The molecule has 1 atom stereocenters. The van der Waals surface area contributed by atoms with Gasteiger partial charge in [0.15, 0.2) is 0 Å². The van der Waals surface area contributed by atoms with Crippen molar-refractivity contribution in [2.45, 2.75) is 6.17 Å². The quantitative estimate of drug-likeness (QED) is 0.622. The predicted octanol–water partition coefficient (Wildman–Crippen LogP) is 1.75. The zero-order valence-corrected chi connectivity index (χ0v) is 9.65. The molecule has 0 amide bonds. The van der Waals surface area contributed by atoms with Crippen molar-refractivity contribution in [3.05, 3.63) is 30.3 Å². The molecule has 92 valence electrons. The average Bonchev–Trinajstić information content (AvgIpc) is 2.34. The fourth-order valence-electron chi connectivity index (χ4n) is 0.992. The highest BCUT2D eigenvalue weighted by molar-refractivity contribution is 8.13. The molecule has 1 aromatic rings. The van der Waals surface area contributed by atoms with E-state index in [-0.39, 0.29) is 12.4 Å². The molecule has 0 aliphatic heterocycles. The van der Waals surface area contributed by atoms with E-state index in [0.29, 0.717) is 17.5 Å². The van der Waals surface area contributed by atoms with Gasteiger partial charge in [-0.1, -0.05) is 30.0 Å². The van der Waals surface area contributed by atoms with Gasteiger partial charge >= 0.3 is 5.97 Å². The van der Waals surface area contributed by atoms with E-state index in [9.17, 15) is 14.0 Å². The van der Waals surface area contributed by atoms with Crippen LogP contribution in [0.1, 0.15) is 0 Å². The molecule has 0 saturated carbocycles. The predicted molar refractivity (Wildman–Crippen MR) is 61.9 cm³/mol. The Morgan fingerprint density at radius 1 is 1.35 bits per heavy atom. The van der Waals surface area contributed by atoms with Crippen molar-refractivity contribution < 1.29 is 23.8 Å². The van der Waals surface area contributed by atoms with Gasteiger partial charge < -0.3 is 9.84 Å². The lowest BCUT2D eigenvalue weighted by atomic mass is 10.3. The maximum atomic E-state index is 12.7. The minimum absolute atomic E-state index is 0.210. The molecule has 0 bridgehead atoms. The molecule has 0 heterocycles. The fourth-order valence-corrected chi connectivity index (χ4v) is 1.61. The highest BCUT2D eigenvalue weighted by atomic mass is 32.2. The normalized spacial score (nSPS) is 11.8. The summed E-state index contributed by atoms with van der Waals surface area (Å²) in [6.07, 6.45) is -2.46. The van der Waals surface area contributed by atoms with Gasteiger partial charge in [0.2, 0.25) is 5.12 Å². The molecule has 1 rings (SSSR count). The fraction of sp³-hybridized carbons (Fsp3) is 0.273. The maximum absolute atomic E-state index is 12.7. The average molecular weight is 258 g/mol. The smallest absolute Gasteiger partial charge is 0.347 e. The van der Waals surface area contributed by atoms with Crippen molar-refractivity contribution in [3.8, 4) is 5.75 Å². The first-order valence-electron chi connectivity index (χ1n) is 4.82. The van der Waals surface area contributed by atoms with E-state index >= 15 is 0 Å². The van der Waals surface area contributed by atoms with E-state index in [1.54, 1.807) is 24.3 Å². The van der Waals surface area contributed by atoms with Crippen LogP contribution in [0.15, 0.2) is 30.3 Å². The lowest BCUT2D eigenvalue weighted by Crippen LogP contribution is -2.23. The van der Waals surface area contributed by atoms with Gasteiger partial charge in [-0.15, -0.1) is 0 Å². The van der Waals surface area contributed by atoms with Crippen LogP contribution in [0.25, 0.3) is 0 Å². The first-order chi connectivity index (χ1) is 8.11. The summed E-state index contributed by atoms with van der Waals surface area (Å²) in [6.45, 7) is 0.215. The molecule has 6 heteroatoms. The van der Waals surface area contributed by atoms with Gasteiger partial charge in [-0.3, -0.25) is 4.79 Å². The van der Waals surface area contributed by atoms with E-state index < -0.39 is 17.3 Å². The molecule has 17 heavy (non-hydrogen) atoms. The Balaban J connectivity index is 2.21. The van der Waals surface area contributed by atoms with Crippen LogP contribution >= 0.6 is 11.8 Å². The molecule has 1 unspecified atom stereocenters. The highest BCUT2D eigenvalue weighted by Crippen LogP contribution is 2.11. The number of aliphatic carboxylic acids is 1. The largest absolute Gasteiger partial charge is 0.493 e. The minimum atomic E-state index is -2.46. The summed E-state index contributed by atoms with van der Waals surface area (Å²) in [7, 11) is 0. The number of alkyl halides is 1. The van der Waals surface area contributed by atoms with Crippen molar-refractivity contribution in [1.29, 1.82) is 0 Å². The van der Waals surface area contributed by atoms with E-state index in [2.05, 4.69) is 0 Å². The van der Waals surface area contributed by atoms with E-state index in [0.717, 1.165) is 0 Å². The second-order valence-electron chi connectivity index (χ2n) is 3.03. The SMILES string of the molecule is O=C(O)C(F)C(=O)SCCOc1ccccc1. The topological polar surface area (TPSA) is 63.6 Å². The van der Waals surface area contributed by atoms with Crippen molar-refractivity contribution in [3.63, 3.8) is 0 Å². The van der Waals surface area contributed by atoms with Gasteiger partial charge in [0.25, 0.3) is 6.17 Å². The molecule has 0 aliphatic rings. The second-order valence-corrected chi connectivity index (χ2v) is 4.13. The molecular weight excluding hydrogens is 247 g/mol. The lowest BCUT2D eigenvalue weighted by Gasteiger charge is -2.05. The summed E-state index contributed by atoms with van der Waals surface area (Å²) in [6, 6.07) is 8.94. The number of carboxylic acid groups (broad SMARTS) is 1. The molecule has 0 radical (unpaired) electrons. The second kappa shape index (κ2) is 6.90. The third-order valence-corrected chi connectivity index (χ3v) is 2.63. The number of carboxylic acids is 1. The van der Waals surface area contributed by atoms with Crippen LogP contribution in [0.2, 0.25) is 0 Å². The summed E-state index contributed by atoms with van der Waals surface area (Å²) < 4.78 is 17.9. The minimum Gasteiger partial charge on any atom is -0.493 e. The van der Waals surface area contributed by atoms with E-state index in [1.165, 1.54) is 0 Å². The van der Waals surface area contributed by atoms with Crippen LogP contribution in [0.4, 0.5) is 4.39 Å². The number of benzene rings is 1. The molecule has 0 saturated heterocycles. The van der Waals surface area contributed by atoms with Crippen molar-refractivity contribution in [1.82, 2.24) is 0 Å². The van der Waals surface area contributed by atoms with Crippen LogP contribution in [0.5, 0.6) is 5.75 Å². The molecule has 0 aromatic heterocycles. The summed E-state index contributed by atoms with van der Waals surface area (Å²) >= 11 is 0.612. The van der Waals surface area contributed by atoms with Gasteiger partial charge in [-0.05, 0) is 12.1 Å². The number of thioether (sulfide) groups is 1. The zero-order chi connectivity index (χ0) is 12.7. The third kappa shape index (κ3) is 4.86. The zero-order valence-electron chi connectivity index (χ0n) is 8.84. The summed E-state index contributed by atoms with van der Waals surface area (Å²) in [5, 5.41) is 7.24. The molecular formula is C11H11FO4S. The van der Waals surface area contributed by atoms with Gasteiger partial charge in [0.1, 0.15) is 5.75 Å². The Morgan fingerprint density at radius 3 is 2.59 bits per heavy atom. The summed E-state index contributed by atoms with van der Waals surface area (Å²) in [5.74, 6) is -0.899. The van der Waals surface area contributed by atoms with Crippen LogP contribution in [0.3, 0.4) is 0 Å². The number of rotatable bonds is 6. The number of hydrogen-bond donors (Lipinski definition) is 1. The number of carbonyl (C=O) groups excluding carboxylic acids is 1. The van der Waals surface area contributed by atoms with E-state index in [4.69, 9.17) is 9.84 Å². The molecule has 0 fully saturated rings. The Morgan fingerprint density at radius 2 is 2.00 bits per heavy atom. The molecule has 4 nitrogen and oxygen atoms in total. The van der Waals surface area contributed by atoms with Crippen LogP contribution in [-0.2, 0) is 9.59 Å². The molecule has 1 N–H and O–H groups in total. The number of hydrogen-bond acceptors (Lipinski definition) is 4. The van der Waals surface area contributed by atoms with Gasteiger partial charge in [-0.25, -0.2) is 9.18 Å². The van der Waals surface area contributed by atoms with Gasteiger partial charge in [0.05, 0.1) is 6.61 Å². The summed E-state index contributed by atoms with van der Waals surface area (Å²) in [4.78, 5) is 21.1. The van der Waals surface area contributed by atoms with E-state index in [1.807, 2.05) is 6.07 Å². The highest BCUT2D eigenvalue weighted by Gasteiger charge is 2.25. The van der Waals surface area contributed by atoms with Crippen molar-refractivity contribution >= 4 is 22.8 Å².